The van der Waals surface area contributed by atoms with Crippen LogP contribution in [0.5, 0.6) is 0 Å². The largest absolute Gasteiger partial charge is 0.342 e. The molecule has 3 aromatic heterocycles. The summed E-state index contributed by atoms with van der Waals surface area (Å²) in [7, 11) is -1.33. The van der Waals surface area contributed by atoms with Crippen molar-refractivity contribution in [3.63, 3.8) is 0 Å². The molecule has 34 heavy (non-hydrogen) atoms. The summed E-state index contributed by atoms with van der Waals surface area (Å²) in [4.78, 5) is 18.6. The fourth-order valence-corrected chi connectivity index (χ4v) is 7.15. The molecule has 0 aromatic carbocycles. The van der Waals surface area contributed by atoms with Crippen LogP contribution in [0.2, 0.25) is 0 Å². The maximum Gasteiger partial charge on any atom is 0.220 e. The number of aryl methyl sites for hydroxylation is 2. The van der Waals surface area contributed by atoms with Crippen LogP contribution in [0, 0.1) is 25.7 Å². The molecule has 3 aromatic rings. The molecule has 1 saturated heterocycles. The molecule has 4 atom stereocenters. The number of rotatable bonds is 5. The number of anilines is 1. The van der Waals surface area contributed by atoms with Crippen LogP contribution in [-0.2, 0) is 20.3 Å². The second-order valence-corrected chi connectivity index (χ2v) is 12.4. The van der Waals surface area contributed by atoms with Gasteiger partial charge in [-0.25, -0.2) is 15.0 Å². The summed E-state index contributed by atoms with van der Waals surface area (Å²) >= 11 is 1.58. The molecule has 0 bridgehead atoms. The summed E-state index contributed by atoms with van der Waals surface area (Å²) in [6, 6.07) is 1.98. The smallest absolute Gasteiger partial charge is 0.220 e. The standard InChI is InChI=1S/C24H29N5O3S2/c1-12-17(21-27-18-13(2)25-11-9-16(18)33-21)20(28-22(26-12)34(5)30)29-24-10-8-15(14-6-7-14)19(24)31-23(3,4)32-24/h9,11,14-15,19H,6-8,10H2,1-5H3,(H,26,28,29). The van der Waals surface area contributed by atoms with Gasteiger partial charge in [-0.3, -0.25) is 9.19 Å². The van der Waals surface area contributed by atoms with Crippen LogP contribution in [-0.4, -0.2) is 48.0 Å². The van der Waals surface area contributed by atoms with Crippen molar-refractivity contribution in [3.8, 4) is 10.6 Å². The molecule has 4 heterocycles. The van der Waals surface area contributed by atoms with E-state index in [0.29, 0.717) is 22.8 Å². The average Bonchev–Trinajstić information content (AvgIpc) is 3.33. The van der Waals surface area contributed by atoms with Crippen molar-refractivity contribution in [1.29, 1.82) is 0 Å². The van der Waals surface area contributed by atoms with Crippen molar-refractivity contribution in [2.24, 2.45) is 11.8 Å². The Morgan fingerprint density at radius 1 is 1.15 bits per heavy atom. The number of ether oxygens (including phenoxy) is 2. The first-order valence-corrected chi connectivity index (χ1v) is 14.1. The van der Waals surface area contributed by atoms with Gasteiger partial charge in [0.25, 0.3) is 0 Å². The van der Waals surface area contributed by atoms with E-state index in [1.807, 2.05) is 33.8 Å². The fourth-order valence-electron chi connectivity index (χ4n) is 5.56. The zero-order chi connectivity index (χ0) is 23.8. The predicted molar refractivity (Wildman–Crippen MR) is 132 cm³/mol. The maximum absolute atomic E-state index is 12.4. The molecule has 1 aliphatic heterocycles. The fraction of sp³-hybridized carbons (Fsp3) is 0.583. The molecule has 10 heteroatoms. The van der Waals surface area contributed by atoms with Crippen LogP contribution in [0.4, 0.5) is 5.82 Å². The molecule has 3 aliphatic rings. The Hall–Kier alpha value is -2.01. The number of fused-ring (bicyclic) bond motifs is 2. The lowest BCUT2D eigenvalue weighted by atomic mass is 9.98. The van der Waals surface area contributed by atoms with Gasteiger partial charge >= 0.3 is 0 Å². The molecule has 8 nitrogen and oxygen atoms in total. The third kappa shape index (κ3) is 3.66. The molecule has 180 valence electrons. The highest BCUT2D eigenvalue weighted by Gasteiger charge is 2.62. The Balaban J connectivity index is 1.48. The molecule has 1 N–H and O–H groups in total. The van der Waals surface area contributed by atoms with Crippen LogP contribution < -0.4 is 5.32 Å². The Morgan fingerprint density at radius 2 is 1.94 bits per heavy atom. The molecule has 0 radical (unpaired) electrons. The Morgan fingerprint density at radius 3 is 2.65 bits per heavy atom. The minimum atomic E-state index is -1.33. The highest BCUT2D eigenvalue weighted by Crippen LogP contribution is 2.56. The van der Waals surface area contributed by atoms with E-state index in [0.717, 1.165) is 45.0 Å². The van der Waals surface area contributed by atoms with Crippen LogP contribution in [0.3, 0.4) is 0 Å². The van der Waals surface area contributed by atoms with E-state index >= 15 is 0 Å². The minimum absolute atomic E-state index is 0.0597. The van der Waals surface area contributed by atoms with E-state index in [9.17, 15) is 4.21 Å². The minimum Gasteiger partial charge on any atom is -0.342 e. The number of thiazole rings is 1. The van der Waals surface area contributed by atoms with Crippen molar-refractivity contribution < 1.29 is 13.7 Å². The van der Waals surface area contributed by atoms with Crippen molar-refractivity contribution >= 4 is 38.2 Å². The lowest BCUT2D eigenvalue weighted by molar-refractivity contribution is -0.167. The Labute approximate surface area is 205 Å². The van der Waals surface area contributed by atoms with Gasteiger partial charge in [-0.2, -0.15) is 0 Å². The monoisotopic (exact) mass is 499 g/mol. The van der Waals surface area contributed by atoms with Crippen LogP contribution in [0.15, 0.2) is 17.4 Å². The summed E-state index contributed by atoms with van der Waals surface area (Å²) in [6.45, 7) is 7.83. The van der Waals surface area contributed by atoms with Gasteiger partial charge in [0.1, 0.15) is 22.4 Å². The number of hydrogen-bond acceptors (Lipinski definition) is 9. The predicted octanol–water partition coefficient (Wildman–Crippen LogP) is 4.58. The van der Waals surface area contributed by atoms with Gasteiger partial charge in [0.15, 0.2) is 11.5 Å². The van der Waals surface area contributed by atoms with Crippen molar-refractivity contribution in [3.05, 3.63) is 23.7 Å². The lowest BCUT2D eigenvalue weighted by Crippen LogP contribution is -2.46. The normalized spacial score (nSPS) is 28.9. The van der Waals surface area contributed by atoms with Gasteiger partial charge in [-0.1, -0.05) is 0 Å². The molecular formula is C24H29N5O3S2. The highest BCUT2D eigenvalue weighted by molar-refractivity contribution is 7.84. The van der Waals surface area contributed by atoms with Crippen molar-refractivity contribution in [2.45, 2.75) is 76.2 Å². The lowest BCUT2D eigenvalue weighted by Gasteiger charge is -2.31. The molecule has 3 fully saturated rings. The SMILES string of the molecule is Cc1nc(S(C)=O)nc(NC23CCC(C4CC4)C2OC(C)(C)O3)c1-c1nc2c(C)nccc2s1. The van der Waals surface area contributed by atoms with Crippen molar-refractivity contribution in [1.82, 2.24) is 19.9 Å². The molecular weight excluding hydrogens is 470 g/mol. The van der Waals surface area contributed by atoms with Crippen molar-refractivity contribution in [2.75, 3.05) is 11.6 Å². The zero-order valence-electron chi connectivity index (χ0n) is 20.0. The van der Waals surface area contributed by atoms with Crippen LogP contribution in [0.25, 0.3) is 20.8 Å². The van der Waals surface area contributed by atoms with Gasteiger partial charge in [0, 0.05) is 12.5 Å². The van der Waals surface area contributed by atoms with E-state index in [1.54, 1.807) is 23.8 Å². The number of hydrogen-bond donors (Lipinski definition) is 1. The first-order chi connectivity index (χ1) is 16.2. The maximum atomic E-state index is 12.4. The average molecular weight is 500 g/mol. The van der Waals surface area contributed by atoms with Crippen LogP contribution >= 0.6 is 11.3 Å². The highest BCUT2D eigenvalue weighted by atomic mass is 32.2. The van der Waals surface area contributed by atoms with Gasteiger partial charge in [-0.15, -0.1) is 11.3 Å². The second kappa shape index (κ2) is 7.74. The first kappa shape index (κ1) is 22.5. The van der Waals surface area contributed by atoms with E-state index in [4.69, 9.17) is 19.4 Å². The Bertz CT molecular complexity index is 1320. The summed E-state index contributed by atoms with van der Waals surface area (Å²) in [5.74, 6) is 1.08. The Kier molecular flexibility index (Phi) is 5.11. The molecule has 2 saturated carbocycles. The molecule has 4 unspecified atom stereocenters. The number of aromatic nitrogens is 4. The zero-order valence-corrected chi connectivity index (χ0v) is 21.7. The number of pyridine rings is 1. The summed E-state index contributed by atoms with van der Waals surface area (Å²) in [5, 5.41) is 4.77. The first-order valence-electron chi connectivity index (χ1n) is 11.8. The number of nitrogens with zero attached hydrogens (tertiary/aromatic N) is 4. The van der Waals surface area contributed by atoms with Gasteiger partial charge < -0.3 is 14.8 Å². The van der Waals surface area contributed by atoms with E-state index < -0.39 is 22.3 Å². The van der Waals surface area contributed by atoms with E-state index in [-0.39, 0.29) is 6.10 Å². The number of nitrogens with one attached hydrogen (secondary N) is 1. The van der Waals surface area contributed by atoms with Gasteiger partial charge in [-0.05, 0) is 71.3 Å². The molecule has 0 spiro atoms. The molecule has 2 aliphatic carbocycles. The van der Waals surface area contributed by atoms with E-state index in [2.05, 4.69) is 15.3 Å². The topological polar surface area (TPSA) is 99.1 Å². The quantitative estimate of drug-likeness (QED) is 0.509. The van der Waals surface area contributed by atoms with Crippen LogP contribution in [0.1, 0.15) is 50.9 Å². The van der Waals surface area contributed by atoms with Gasteiger partial charge in [0.05, 0.1) is 32.5 Å². The van der Waals surface area contributed by atoms with E-state index in [1.165, 1.54) is 12.8 Å². The third-order valence-electron chi connectivity index (χ3n) is 7.12. The summed E-state index contributed by atoms with van der Waals surface area (Å²) in [5.41, 5.74) is 2.62. The summed E-state index contributed by atoms with van der Waals surface area (Å²) < 4.78 is 26.5. The second-order valence-electron chi connectivity index (χ2n) is 10.1. The summed E-state index contributed by atoms with van der Waals surface area (Å²) in [6.07, 6.45) is 7.75. The molecule has 6 rings (SSSR count). The molecule has 0 amide bonds. The third-order valence-corrected chi connectivity index (χ3v) is 8.86. The van der Waals surface area contributed by atoms with Gasteiger partial charge in [0.2, 0.25) is 5.16 Å².